The zero-order valence-corrected chi connectivity index (χ0v) is 11.0. The second-order valence-corrected chi connectivity index (χ2v) is 4.02. The average Bonchev–Trinajstić information content (AvgIpc) is 2.35. The lowest BCUT2D eigenvalue weighted by molar-refractivity contribution is -0.117. The van der Waals surface area contributed by atoms with Crippen molar-refractivity contribution in [1.82, 2.24) is 0 Å². The summed E-state index contributed by atoms with van der Waals surface area (Å²) >= 11 is 0. The molecular formula is C12H16N4O4. The molecule has 0 fully saturated rings. The first-order chi connectivity index (χ1) is 9.36. The minimum atomic E-state index is -0.690. The van der Waals surface area contributed by atoms with E-state index in [2.05, 4.69) is 4.74 Å². The first-order valence-electron chi connectivity index (χ1n) is 5.65. The average molecular weight is 280 g/mol. The van der Waals surface area contributed by atoms with Crippen LogP contribution in [0.5, 0.6) is 0 Å². The number of benzene rings is 1. The molecule has 8 nitrogen and oxygen atoms in total. The van der Waals surface area contributed by atoms with E-state index in [0.29, 0.717) is 0 Å². The molecule has 0 saturated heterocycles. The Morgan fingerprint density at radius 1 is 1.15 bits per heavy atom. The normalized spacial score (nSPS) is 9.85. The van der Waals surface area contributed by atoms with Crippen LogP contribution in [0.1, 0.15) is 10.4 Å². The molecule has 0 atom stereocenters. The minimum Gasteiger partial charge on any atom is -0.465 e. The van der Waals surface area contributed by atoms with E-state index in [1.54, 1.807) is 6.07 Å². The van der Waals surface area contributed by atoms with Crippen molar-refractivity contribution < 1.29 is 19.1 Å². The lowest BCUT2D eigenvalue weighted by Gasteiger charge is -2.25. The van der Waals surface area contributed by atoms with Crippen LogP contribution in [-0.4, -0.2) is 38.0 Å². The van der Waals surface area contributed by atoms with Gasteiger partial charge in [-0.05, 0) is 12.1 Å². The predicted molar refractivity (Wildman–Crippen MR) is 72.8 cm³/mol. The van der Waals surface area contributed by atoms with Crippen LogP contribution in [0, 0.1) is 0 Å². The molecule has 0 aliphatic rings. The van der Waals surface area contributed by atoms with Crippen LogP contribution in [0.4, 0.5) is 11.4 Å². The molecule has 0 unspecified atom stereocenters. The smallest absolute Gasteiger partial charge is 0.340 e. The van der Waals surface area contributed by atoms with E-state index in [9.17, 15) is 14.4 Å². The molecule has 6 N–H and O–H groups in total. The van der Waals surface area contributed by atoms with Crippen molar-refractivity contribution >= 4 is 29.2 Å². The number of nitrogens with zero attached hydrogens (tertiary/aromatic N) is 1. The molecule has 2 amide bonds. The number of methoxy groups -OCH3 is 1. The van der Waals surface area contributed by atoms with E-state index < -0.39 is 17.8 Å². The van der Waals surface area contributed by atoms with Gasteiger partial charge in [0.1, 0.15) is 0 Å². The Balaban J connectivity index is 3.33. The van der Waals surface area contributed by atoms with E-state index in [4.69, 9.17) is 17.2 Å². The predicted octanol–water partition coefficient (Wildman–Crippen LogP) is -1.17. The van der Waals surface area contributed by atoms with Gasteiger partial charge in [0.25, 0.3) is 0 Å². The summed E-state index contributed by atoms with van der Waals surface area (Å²) in [4.78, 5) is 35.2. The number of rotatable bonds is 6. The molecule has 0 heterocycles. The summed E-state index contributed by atoms with van der Waals surface area (Å²) in [5.74, 6) is -2.03. The molecule has 0 radical (unpaired) electrons. The molecular weight excluding hydrogens is 264 g/mol. The van der Waals surface area contributed by atoms with Gasteiger partial charge in [-0.1, -0.05) is 6.07 Å². The number of nitrogens with two attached hydrogens (primary N) is 3. The maximum Gasteiger partial charge on any atom is 0.340 e. The highest BCUT2D eigenvalue weighted by atomic mass is 16.5. The van der Waals surface area contributed by atoms with Crippen LogP contribution < -0.4 is 22.1 Å². The molecule has 0 aromatic heterocycles. The molecule has 1 rings (SSSR count). The highest BCUT2D eigenvalue weighted by molar-refractivity contribution is 6.01. The number of primary amides is 2. The van der Waals surface area contributed by atoms with Crippen LogP contribution in [0.15, 0.2) is 18.2 Å². The van der Waals surface area contributed by atoms with E-state index in [1.807, 2.05) is 0 Å². The van der Waals surface area contributed by atoms with E-state index in [0.717, 1.165) is 0 Å². The van der Waals surface area contributed by atoms with Gasteiger partial charge in [0.2, 0.25) is 11.8 Å². The number of carbonyl (C=O) groups is 3. The summed E-state index contributed by atoms with van der Waals surface area (Å²) in [5.41, 5.74) is 16.6. The van der Waals surface area contributed by atoms with E-state index in [1.165, 1.54) is 24.1 Å². The Labute approximate surface area is 115 Å². The molecule has 20 heavy (non-hydrogen) atoms. The quantitative estimate of drug-likeness (QED) is 0.443. The van der Waals surface area contributed by atoms with Gasteiger partial charge in [0.05, 0.1) is 37.1 Å². The van der Waals surface area contributed by atoms with E-state index >= 15 is 0 Å². The Kier molecular flexibility index (Phi) is 4.90. The number of para-hydroxylation sites is 1. The molecule has 1 aromatic rings. The van der Waals surface area contributed by atoms with Gasteiger partial charge in [-0.3, -0.25) is 9.59 Å². The largest absolute Gasteiger partial charge is 0.465 e. The Hall–Kier alpha value is -2.77. The van der Waals surface area contributed by atoms with Gasteiger partial charge in [0, 0.05) is 0 Å². The standard InChI is InChI=1S/C12H16N4O4/c1-20-12(19)7-3-2-4-8(13)11(7)16(5-9(14)17)6-10(15)18/h2-4H,5-6,13H2,1H3,(H2,14,17)(H2,15,18). The van der Waals surface area contributed by atoms with Gasteiger partial charge in [-0.25, -0.2) is 4.79 Å². The fourth-order valence-corrected chi connectivity index (χ4v) is 1.78. The number of hydrogen-bond donors (Lipinski definition) is 3. The summed E-state index contributed by atoms with van der Waals surface area (Å²) in [7, 11) is 1.21. The zero-order chi connectivity index (χ0) is 15.3. The van der Waals surface area contributed by atoms with Gasteiger partial charge >= 0.3 is 5.97 Å². The third-order valence-corrected chi connectivity index (χ3v) is 2.48. The molecule has 0 bridgehead atoms. The third-order valence-electron chi connectivity index (χ3n) is 2.48. The highest BCUT2D eigenvalue weighted by Crippen LogP contribution is 2.28. The van der Waals surface area contributed by atoms with Crippen molar-refractivity contribution in [3.63, 3.8) is 0 Å². The van der Waals surface area contributed by atoms with Crippen LogP contribution in [0.25, 0.3) is 0 Å². The second-order valence-electron chi connectivity index (χ2n) is 4.02. The third kappa shape index (κ3) is 3.61. The maximum absolute atomic E-state index is 11.7. The maximum atomic E-state index is 11.7. The Bertz CT molecular complexity index is 528. The lowest BCUT2D eigenvalue weighted by atomic mass is 10.1. The van der Waals surface area contributed by atoms with Gasteiger partial charge < -0.3 is 26.8 Å². The molecule has 108 valence electrons. The van der Waals surface area contributed by atoms with Crippen molar-refractivity contribution in [2.75, 3.05) is 30.8 Å². The minimum absolute atomic E-state index is 0.120. The number of amides is 2. The topological polar surface area (TPSA) is 142 Å². The van der Waals surface area contributed by atoms with Crippen LogP contribution in [-0.2, 0) is 14.3 Å². The fraction of sp³-hybridized carbons (Fsp3) is 0.250. The highest BCUT2D eigenvalue weighted by Gasteiger charge is 2.22. The Morgan fingerprint density at radius 2 is 1.70 bits per heavy atom. The van der Waals surface area contributed by atoms with Gasteiger partial charge in [-0.2, -0.15) is 0 Å². The first kappa shape index (κ1) is 15.3. The molecule has 1 aromatic carbocycles. The molecule has 0 aliphatic carbocycles. The summed E-state index contributed by atoms with van der Waals surface area (Å²) in [5, 5.41) is 0. The summed E-state index contributed by atoms with van der Waals surface area (Å²) in [6, 6.07) is 4.54. The van der Waals surface area contributed by atoms with Crippen LogP contribution in [0.2, 0.25) is 0 Å². The van der Waals surface area contributed by atoms with Crippen LogP contribution in [0.3, 0.4) is 0 Å². The molecule has 0 spiro atoms. The zero-order valence-electron chi connectivity index (χ0n) is 11.0. The SMILES string of the molecule is COC(=O)c1cccc(N)c1N(CC(N)=O)CC(N)=O. The van der Waals surface area contributed by atoms with Crippen molar-refractivity contribution in [3.8, 4) is 0 Å². The summed E-state index contributed by atoms with van der Waals surface area (Å²) in [6.45, 7) is -0.609. The van der Waals surface area contributed by atoms with Gasteiger partial charge in [-0.15, -0.1) is 0 Å². The number of anilines is 2. The fourth-order valence-electron chi connectivity index (χ4n) is 1.78. The Morgan fingerprint density at radius 3 is 2.15 bits per heavy atom. The monoisotopic (exact) mass is 280 g/mol. The number of carbonyl (C=O) groups excluding carboxylic acids is 3. The molecule has 8 heteroatoms. The van der Waals surface area contributed by atoms with E-state index in [-0.39, 0.29) is 30.0 Å². The summed E-state index contributed by atoms with van der Waals surface area (Å²) < 4.78 is 4.64. The number of nitrogen functional groups attached to an aromatic ring is 1. The van der Waals surface area contributed by atoms with Crippen molar-refractivity contribution in [1.29, 1.82) is 0 Å². The number of esters is 1. The number of ether oxygens (including phenoxy) is 1. The molecule has 0 saturated carbocycles. The lowest BCUT2D eigenvalue weighted by Crippen LogP contribution is -2.40. The first-order valence-corrected chi connectivity index (χ1v) is 5.65. The van der Waals surface area contributed by atoms with Crippen molar-refractivity contribution in [2.24, 2.45) is 11.5 Å². The van der Waals surface area contributed by atoms with Crippen LogP contribution >= 0.6 is 0 Å². The van der Waals surface area contributed by atoms with Crippen molar-refractivity contribution in [3.05, 3.63) is 23.8 Å². The van der Waals surface area contributed by atoms with Crippen molar-refractivity contribution in [2.45, 2.75) is 0 Å². The van der Waals surface area contributed by atoms with Gasteiger partial charge in [0.15, 0.2) is 0 Å². The summed E-state index contributed by atoms with van der Waals surface area (Å²) in [6.07, 6.45) is 0. The second kappa shape index (κ2) is 6.41. The number of hydrogen-bond acceptors (Lipinski definition) is 6. The molecule has 0 aliphatic heterocycles.